The molecule has 0 aliphatic rings. The number of carbonyl (C=O) groups is 1. The second kappa shape index (κ2) is 6.83. The van der Waals surface area contributed by atoms with Crippen LogP contribution in [0.15, 0.2) is 36.4 Å². The van der Waals surface area contributed by atoms with Crippen molar-refractivity contribution < 1.29 is 9.53 Å². The molecular formula is C16H15Cl2NO2. The van der Waals surface area contributed by atoms with E-state index in [0.29, 0.717) is 21.5 Å². The molecule has 0 atom stereocenters. The van der Waals surface area contributed by atoms with Gasteiger partial charge in [-0.05, 0) is 49.2 Å². The van der Waals surface area contributed by atoms with Gasteiger partial charge in [-0.1, -0.05) is 35.3 Å². The Bertz CT molecular complexity index is 671. The maximum absolute atomic E-state index is 11.9. The van der Waals surface area contributed by atoms with Crippen molar-refractivity contribution in [2.75, 3.05) is 11.9 Å². The predicted molar refractivity (Wildman–Crippen MR) is 86.5 cm³/mol. The highest BCUT2D eigenvalue weighted by Crippen LogP contribution is 2.26. The number of amides is 1. The van der Waals surface area contributed by atoms with E-state index in [1.807, 2.05) is 26.0 Å². The fourth-order valence-corrected chi connectivity index (χ4v) is 2.23. The highest BCUT2D eigenvalue weighted by Gasteiger charge is 2.08. The number of carbonyl (C=O) groups excluding carboxylic acids is 1. The molecule has 0 unspecified atom stereocenters. The van der Waals surface area contributed by atoms with E-state index in [0.717, 1.165) is 11.1 Å². The van der Waals surface area contributed by atoms with Crippen LogP contribution in [0.3, 0.4) is 0 Å². The van der Waals surface area contributed by atoms with Crippen molar-refractivity contribution in [2.24, 2.45) is 0 Å². The molecule has 21 heavy (non-hydrogen) atoms. The molecular weight excluding hydrogens is 309 g/mol. The summed E-state index contributed by atoms with van der Waals surface area (Å²) >= 11 is 12.1. The van der Waals surface area contributed by atoms with E-state index >= 15 is 0 Å². The van der Waals surface area contributed by atoms with Gasteiger partial charge in [0.15, 0.2) is 6.61 Å². The van der Waals surface area contributed by atoms with Crippen molar-refractivity contribution in [3.63, 3.8) is 0 Å². The lowest BCUT2D eigenvalue weighted by Gasteiger charge is -2.10. The minimum absolute atomic E-state index is 0.132. The molecule has 0 aromatic heterocycles. The van der Waals surface area contributed by atoms with Crippen LogP contribution in [0.25, 0.3) is 0 Å². The molecule has 0 heterocycles. The van der Waals surface area contributed by atoms with Crippen molar-refractivity contribution in [1.82, 2.24) is 0 Å². The molecule has 110 valence electrons. The normalized spacial score (nSPS) is 10.3. The fraction of sp³-hybridized carbons (Fsp3) is 0.188. The van der Waals surface area contributed by atoms with E-state index in [-0.39, 0.29) is 12.5 Å². The molecule has 2 rings (SSSR count). The largest absolute Gasteiger partial charge is 0.482 e. The third-order valence-electron chi connectivity index (χ3n) is 2.84. The van der Waals surface area contributed by atoms with Crippen LogP contribution in [0.1, 0.15) is 11.1 Å². The summed E-state index contributed by atoms with van der Waals surface area (Å²) in [5.74, 6) is 0.195. The van der Waals surface area contributed by atoms with Crippen LogP contribution in [0.4, 0.5) is 5.69 Å². The minimum Gasteiger partial charge on any atom is -0.482 e. The van der Waals surface area contributed by atoms with Crippen LogP contribution < -0.4 is 10.1 Å². The van der Waals surface area contributed by atoms with E-state index in [2.05, 4.69) is 5.32 Å². The van der Waals surface area contributed by atoms with E-state index in [1.165, 1.54) is 0 Å². The van der Waals surface area contributed by atoms with Gasteiger partial charge in [-0.2, -0.15) is 0 Å². The molecule has 1 amide bonds. The summed E-state index contributed by atoms with van der Waals surface area (Å²) in [5.41, 5.74) is 2.60. The number of rotatable bonds is 4. The number of nitrogens with one attached hydrogen (secondary N) is 1. The first-order valence-corrected chi connectivity index (χ1v) is 7.16. The lowest BCUT2D eigenvalue weighted by atomic mass is 10.2. The van der Waals surface area contributed by atoms with Crippen molar-refractivity contribution in [2.45, 2.75) is 13.8 Å². The molecule has 0 aliphatic carbocycles. The van der Waals surface area contributed by atoms with Crippen molar-refractivity contribution in [3.8, 4) is 5.75 Å². The Labute approximate surface area is 133 Å². The first kappa shape index (κ1) is 15.7. The smallest absolute Gasteiger partial charge is 0.262 e. The molecule has 0 aliphatic heterocycles. The molecule has 0 radical (unpaired) electrons. The summed E-state index contributed by atoms with van der Waals surface area (Å²) in [7, 11) is 0. The van der Waals surface area contributed by atoms with Gasteiger partial charge in [-0.15, -0.1) is 0 Å². The van der Waals surface area contributed by atoms with Crippen LogP contribution in [-0.4, -0.2) is 12.5 Å². The van der Waals surface area contributed by atoms with Gasteiger partial charge in [0.1, 0.15) is 5.75 Å². The molecule has 1 N–H and O–H groups in total. The number of hydrogen-bond donors (Lipinski definition) is 1. The molecule has 0 saturated carbocycles. The SMILES string of the molecule is Cc1ccc(NC(=O)COc2cc(C)ccc2Cl)c(Cl)c1. The van der Waals surface area contributed by atoms with E-state index < -0.39 is 0 Å². The molecule has 3 nitrogen and oxygen atoms in total. The second-order valence-corrected chi connectivity index (χ2v) is 5.57. The summed E-state index contributed by atoms with van der Waals surface area (Å²) < 4.78 is 5.43. The van der Waals surface area contributed by atoms with Crippen LogP contribution in [0.2, 0.25) is 10.0 Å². The molecule has 0 bridgehead atoms. The quantitative estimate of drug-likeness (QED) is 0.890. The Morgan fingerprint density at radius 1 is 1.05 bits per heavy atom. The van der Waals surface area contributed by atoms with Gasteiger partial charge >= 0.3 is 0 Å². The Kier molecular flexibility index (Phi) is 5.10. The van der Waals surface area contributed by atoms with Gasteiger partial charge in [0.2, 0.25) is 0 Å². The van der Waals surface area contributed by atoms with E-state index in [1.54, 1.807) is 24.3 Å². The summed E-state index contributed by atoms with van der Waals surface area (Å²) in [6.45, 7) is 3.73. The number of ether oxygens (including phenoxy) is 1. The monoisotopic (exact) mass is 323 g/mol. The zero-order valence-electron chi connectivity index (χ0n) is 11.7. The average Bonchev–Trinajstić information content (AvgIpc) is 2.43. The summed E-state index contributed by atoms with van der Waals surface area (Å²) in [5, 5.41) is 3.67. The van der Waals surface area contributed by atoms with Crippen molar-refractivity contribution in [1.29, 1.82) is 0 Å². The highest BCUT2D eigenvalue weighted by atomic mass is 35.5. The number of halogens is 2. The van der Waals surface area contributed by atoms with Gasteiger partial charge in [0, 0.05) is 0 Å². The first-order valence-electron chi connectivity index (χ1n) is 6.40. The average molecular weight is 324 g/mol. The minimum atomic E-state index is -0.293. The molecule has 0 saturated heterocycles. The Morgan fingerprint density at radius 3 is 2.43 bits per heavy atom. The highest BCUT2D eigenvalue weighted by molar-refractivity contribution is 6.33. The van der Waals surface area contributed by atoms with Crippen LogP contribution in [-0.2, 0) is 4.79 Å². The maximum Gasteiger partial charge on any atom is 0.262 e. The number of aryl methyl sites for hydroxylation is 2. The summed E-state index contributed by atoms with van der Waals surface area (Å²) in [4.78, 5) is 11.9. The zero-order valence-corrected chi connectivity index (χ0v) is 13.3. The van der Waals surface area contributed by atoms with Crippen LogP contribution in [0.5, 0.6) is 5.75 Å². The van der Waals surface area contributed by atoms with Crippen molar-refractivity contribution in [3.05, 3.63) is 57.6 Å². The van der Waals surface area contributed by atoms with Gasteiger partial charge < -0.3 is 10.1 Å². The predicted octanol–water partition coefficient (Wildman–Crippen LogP) is 4.63. The van der Waals surface area contributed by atoms with Gasteiger partial charge in [0.25, 0.3) is 5.91 Å². The first-order chi connectivity index (χ1) is 9.95. The standard InChI is InChI=1S/C16H15Cl2NO2/c1-10-4-6-14(13(18)7-10)19-16(20)9-21-15-8-11(2)3-5-12(15)17/h3-8H,9H2,1-2H3,(H,19,20). The van der Waals surface area contributed by atoms with Gasteiger partial charge in [-0.25, -0.2) is 0 Å². The third kappa shape index (κ3) is 4.38. The van der Waals surface area contributed by atoms with Gasteiger partial charge in [-0.3, -0.25) is 4.79 Å². The molecule has 2 aromatic rings. The van der Waals surface area contributed by atoms with Crippen LogP contribution in [0, 0.1) is 13.8 Å². The Hall–Kier alpha value is -1.71. The molecule has 2 aromatic carbocycles. The van der Waals surface area contributed by atoms with E-state index in [4.69, 9.17) is 27.9 Å². The lowest BCUT2D eigenvalue weighted by Crippen LogP contribution is -2.20. The maximum atomic E-state index is 11.9. The zero-order chi connectivity index (χ0) is 15.4. The molecule has 0 fully saturated rings. The Morgan fingerprint density at radius 2 is 1.71 bits per heavy atom. The number of hydrogen-bond acceptors (Lipinski definition) is 2. The second-order valence-electron chi connectivity index (χ2n) is 4.75. The lowest BCUT2D eigenvalue weighted by molar-refractivity contribution is -0.118. The van der Waals surface area contributed by atoms with Crippen LogP contribution >= 0.6 is 23.2 Å². The van der Waals surface area contributed by atoms with E-state index in [9.17, 15) is 4.79 Å². The van der Waals surface area contributed by atoms with Gasteiger partial charge in [0.05, 0.1) is 15.7 Å². The Balaban J connectivity index is 1.97. The fourth-order valence-electron chi connectivity index (χ4n) is 1.77. The number of benzene rings is 2. The van der Waals surface area contributed by atoms with Crippen molar-refractivity contribution >= 4 is 34.8 Å². The third-order valence-corrected chi connectivity index (χ3v) is 3.47. The molecule has 0 spiro atoms. The molecule has 5 heteroatoms. The number of anilines is 1. The summed E-state index contributed by atoms with van der Waals surface area (Å²) in [6.07, 6.45) is 0. The summed E-state index contributed by atoms with van der Waals surface area (Å²) in [6, 6.07) is 10.8. The topological polar surface area (TPSA) is 38.3 Å².